The molecule has 0 bridgehead atoms. The predicted octanol–water partition coefficient (Wildman–Crippen LogP) is 1.77. The number of hydrogen-bond donors (Lipinski definition) is 1. The summed E-state index contributed by atoms with van der Waals surface area (Å²) in [5.74, 6) is -4.04. The second kappa shape index (κ2) is 6.95. The Morgan fingerprint density at radius 1 is 1.33 bits per heavy atom. The van der Waals surface area contributed by atoms with Crippen molar-refractivity contribution >= 4 is 16.1 Å². The molecule has 0 radical (unpaired) electrons. The molecule has 0 saturated heterocycles. The van der Waals surface area contributed by atoms with Crippen molar-refractivity contribution in [2.75, 3.05) is 13.6 Å². The van der Waals surface area contributed by atoms with Crippen LogP contribution in [0.25, 0.3) is 0 Å². The summed E-state index contributed by atoms with van der Waals surface area (Å²) in [5.41, 5.74) is -0.455. The molecule has 5 nitrogen and oxygen atoms in total. The van der Waals surface area contributed by atoms with Gasteiger partial charge in [-0.3, -0.25) is 4.79 Å². The Bertz CT molecular complexity index is 600. The molecule has 1 N–H and O–H groups in total. The minimum absolute atomic E-state index is 0.227. The summed E-state index contributed by atoms with van der Waals surface area (Å²) in [5, 5.41) is 0. The molecule has 8 heteroatoms. The molecular weight excluding hydrogens is 302 g/mol. The van der Waals surface area contributed by atoms with Gasteiger partial charge in [-0.15, -0.1) is 0 Å². The zero-order valence-corrected chi connectivity index (χ0v) is 12.9. The van der Waals surface area contributed by atoms with Gasteiger partial charge in [0.15, 0.2) is 0 Å². The van der Waals surface area contributed by atoms with Crippen LogP contribution in [-0.2, 0) is 15.0 Å². The van der Waals surface area contributed by atoms with Crippen LogP contribution in [-0.4, -0.2) is 32.2 Å². The topological polar surface area (TPSA) is 66.5 Å². The Balaban J connectivity index is 2.94. The lowest BCUT2D eigenvalue weighted by Gasteiger charge is -2.19. The maximum absolute atomic E-state index is 13.6. The summed E-state index contributed by atoms with van der Waals surface area (Å²) in [6.45, 7) is 3.25. The SMILES string of the molecule is CCCN(C)S(=O)(=O)NC(=O)[C@@H](C)c1c(F)cccc1F. The van der Waals surface area contributed by atoms with E-state index in [1.54, 1.807) is 6.92 Å². The molecule has 1 aromatic carbocycles. The van der Waals surface area contributed by atoms with E-state index in [4.69, 9.17) is 0 Å². The third kappa shape index (κ3) is 4.21. The van der Waals surface area contributed by atoms with Gasteiger partial charge in [-0.05, 0) is 25.5 Å². The van der Waals surface area contributed by atoms with Crippen molar-refractivity contribution in [3.8, 4) is 0 Å². The fraction of sp³-hybridized carbons (Fsp3) is 0.462. The van der Waals surface area contributed by atoms with Crippen molar-refractivity contribution < 1.29 is 22.0 Å². The van der Waals surface area contributed by atoms with Crippen molar-refractivity contribution in [2.45, 2.75) is 26.2 Å². The van der Waals surface area contributed by atoms with Crippen LogP contribution in [0.3, 0.4) is 0 Å². The molecule has 0 aliphatic rings. The number of amides is 1. The molecule has 0 aliphatic carbocycles. The Morgan fingerprint density at radius 3 is 2.33 bits per heavy atom. The van der Waals surface area contributed by atoms with E-state index in [0.717, 1.165) is 16.4 Å². The summed E-state index contributed by atoms with van der Waals surface area (Å²) in [7, 11) is -2.70. The lowest BCUT2D eigenvalue weighted by atomic mass is 9.99. The van der Waals surface area contributed by atoms with E-state index in [0.29, 0.717) is 6.42 Å². The molecule has 0 aromatic heterocycles. The van der Waals surface area contributed by atoms with E-state index in [-0.39, 0.29) is 6.54 Å². The van der Waals surface area contributed by atoms with Crippen LogP contribution >= 0.6 is 0 Å². The van der Waals surface area contributed by atoms with E-state index in [2.05, 4.69) is 0 Å². The zero-order valence-electron chi connectivity index (χ0n) is 12.1. The molecule has 1 aromatic rings. The summed E-state index contributed by atoms with van der Waals surface area (Å²) in [6.07, 6.45) is 0.573. The van der Waals surface area contributed by atoms with Crippen LogP contribution in [0.2, 0.25) is 0 Å². The minimum Gasteiger partial charge on any atom is -0.273 e. The van der Waals surface area contributed by atoms with E-state index in [1.807, 2.05) is 4.72 Å². The number of rotatable bonds is 6. The molecule has 0 unspecified atom stereocenters. The van der Waals surface area contributed by atoms with Crippen LogP contribution in [0, 0.1) is 11.6 Å². The predicted molar refractivity (Wildman–Crippen MR) is 74.8 cm³/mol. The Hall–Kier alpha value is -1.54. The minimum atomic E-state index is -4.01. The molecule has 1 amide bonds. The van der Waals surface area contributed by atoms with Crippen molar-refractivity contribution in [1.82, 2.24) is 9.03 Å². The molecule has 0 heterocycles. The van der Waals surface area contributed by atoms with Gasteiger partial charge in [-0.25, -0.2) is 13.5 Å². The molecule has 0 spiro atoms. The second-order valence-corrected chi connectivity index (χ2v) is 6.43. The largest absolute Gasteiger partial charge is 0.303 e. The molecule has 0 aliphatic heterocycles. The van der Waals surface area contributed by atoms with E-state index >= 15 is 0 Å². The Morgan fingerprint density at radius 2 is 1.86 bits per heavy atom. The quantitative estimate of drug-likeness (QED) is 0.869. The highest BCUT2D eigenvalue weighted by atomic mass is 32.2. The van der Waals surface area contributed by atoms with Gasteiger partial charge >= 0.3 is 10.2 Å². The first-order valence-electron chi connectivity index (χ1n) is 6.42. The Labute approximate surface area is 123 Å². The van der Waals surface area contributed by atoms with Gasteiger partial charge < -0.3 is 0 Å². The molecule has 1 atom stereocenters. The number of halogens is 2. The van der Waals surface area contributed by atoms with Crippen molar-refractivity contribution in [1.29, 1.82) is 0 Å². The van der Waals surface area contributed by atoms with Gasteiger partial charge in [-0.2, -0.15) is 12.7 Å². The van der Waals surface area contributed by atoms with Gasteiger partial charge in [0.25, 0.3) is 0 Å². The number of nitrogens with one attached hydrogen (secondary N) is 1. The summed E-state index contributed by atoms with van der Waals surface area (Å²) in [4.78, 5) is 11.9. The van der Waals surface area contributed by atoms with Crippen LogP contribution in [0.15, 0.2) is 18.2 Å². The first-order valence-corrected chi connectivity index (χ1v) is 7.86. The van der Waals surface area contributed by atoms with Gasteiger partial charge in [0.2, 0.25) is 5.91 Å². The van der Waals surface area contributed by atoms with E-state index < -0.39 is 39.2 Å². The van der Waals surface area contributed by atoms with E-state index in [9.17, 15) is 22.0 Å². The van der Waals surface area contributed by atoms with E-state index in [1.165, 1.54) is 20.0 Å². The molecule has 21 heavy (non-hydrogen) atoms. The highest BCUT2D eigenvalue weighted by Crippen LogP contribution is 2.22. The Kier molecular flexibility index (Phi) is 5.79. The average Bonchev–Trinajstić information content (AvgIpc) is 2.38. The number of hydrogen-bond acceptors (Lipinski definition) is 3. The lowest BCUT2D eigenvalue weighted by Crippen LogP contribution is -2.43. The third-order valence-electron chi connectivity index (χ3n) is 3.00. The standard InChI is InChI=1S/C13H18F2N2O3S/c1-4-8-17(3)21(19,20)16-13(18)9(2)12-10(14)6-5-7-11(12)15/h5-7,9H,4,8H2,1-3H3,(H,16,18)/t9-/m0/s1. The van der Waals surface area contributed by atoms with Crippen LogP contribution < -0.4 is 4.72 Å². The van der Waals surface area contributed by atoms with Crippen molar-refractivity contribution in [2.24, 2.45) is 0 Å². The van der Waals surface area contributed by atoms with Crippen LogP contribution in [0.1, 0.15) is 31.7 Å². The molecule has 0 saturated carbocycles. The first-order chi connectivity index (χ1) is 9.70. The monoisotopic (exact) mass is 320 g/mol. The van der Waals surface area contributed by atoms with Gasteiger partial charge in [0, 0.05) is 19.2 Å². The lowest BCUT2D eigenvalue weighted by molar-refractivity contribution is -0.120. The summed E-state index contributed by atoms with van der Waals surface area (Å²) >= 11 is 0. The molecule has 0 fully saturated rings. The molecular formula is C13H18F2N2O3S. The zero-order chi connectivity index (χ0) is 16.2. The number of carbonyl (C=O) groups is 1. The van der Waals surface area contributed by atoms with Crippen molar-refractivity contribution in [3.05, 3.63) is 35.4 Å². The van der Waals surface area contributed by atoms with Crippen LogP contribution in [0.5, 0.6) is 0 Å². The van der Waals surface area contributed by atoms with Gasteiger partial charge in [0.1, 0.15) is 11.6 Å². The maximum atomic E-state index is 13.6. The fourth-order valence-corrected chi connectivity index (χ4v) is 2.79. The molecule has 118 valence electrons. The summed E-state index contributed by atoms with van der Waals surface area (Å²) in [6, 6.07) is 3.20. The summed E-state index contributed by atoms with van der Waals surface area (Å²) < 4.78 is 53.7. The highest BCUT2D eigenvalue weighted by Gasteiger charge is 2.27. The van der Waals surface area contributed by atoms with Crippen LogP contribution in [0.4, 0.5) is 8.78 Å². The highest BCUT2D eigenvalue weighted by molar-refractivity contribution is 7.87. The first kappa shape index (κ1) is 17.5. The molecule has 1 rings (SSSR count). The fourth-order valence-electron chi connectivity index (χ4n) is 1.78. The third-order valence-corrected chi connectivity index (χ3v) is 4.47. The maximum Gasteiger partial charge on any atom is 0.303 e. The average molecular weight is 320 g/mol. The normalized spacial score (nSPS) is 13.2. The number of benzene rings is 1. The van der Waals surface area contributed by atoms with Gasteiger partial charge in [-0.1, -0.05) is 13.0 Å². The number of nitrogens with zero attached hydrogens (tertiary/aromatic N) is 1. The van der Waals surface area contributed by atoms with Gasteiger partial charge in [0.05, 0.1) is 5.92 Å². The second-order valence-electron chi connectivity index (χ2n) is 4.65. The number of carbonyl (C=O) groups excluding carboxylic acids is 1. The smallest absolute Gasteiger partial charge is 0.273 e. The van der Waals surface area contributed by atoms with Crippen molar-refractivity contribution in [3.63, 3.8) is 0 Å².